The molecule has 0 aliphatic heterocycles. The number of anilines is 2. The Balaban J connectivity index is 2.19. The number of benzene rings is 1. The number of carbonyl (C=O) groups excluding carboxylic acids is 1. The van der Waals surface area contributed by atoms with Crippen molar-refractivity contribution in [1.29, 1.82) is 0 Å². The van der Waals surface area contributed by atoms with Crippen molar-refractivity contribution in [2.75, 3.05) is 10.6 Å². The summed E-state index contributed by atoms with van der Waals surface area (Å²) in [6, 6.07) is 7.60. The molecule has 23 heavy (non-hydrogen) atoms. The molecule has 0 saturated heterocycles. The first-order valence-corrected chi connectivity index (χ1v) is 8.38. The molecule has 6 heteroatoms. The molecular weight excluding hydrogens is 356 g/mol. The molecule has 1 aromatic carbocycles. The van der Waals surface area contributed by atoms with E-state index in [1.165, 1.54) is 0 Å². The van der Waals surface area contributed by atoms with Gasteiger partial charge in [0.15, 0.2) is 0 Å². The second-order valence-electron chi connectivity index (χ2n) is 5.59. The zero-order valence-corrected chi connectivity index (χ0v) is 15.4. The minimum atomic E-state index is -0.246. The van der Waals surface area contributed by atoms with Crippen LogP contribution in [0.2, 0.25) is 0 Å². The van der Waals surface area contributed by atoms with E-state index in [9.17, 15) is 4.79 Å². The van der Waals surface area contributed by atoms with Crippen LogP contribution in [0.15, 0.2) is 28.7 Å². The lowest BCUT2D eigenvalue weighted by atomic mass is 10.2. The maximum atomic E-state index is 12.4. The number of halogens is 1. The molecule has 2 aromatic rings. The largest absolute Gasteiger partial charge is 0.352 e. The number of nitrogens with one attached hydrogen (secondary N) is 2. The van der Waals surface area contributed by atoms with Gasteiger partial charge in [0.25, 0.3) is 5.91 Å². The molecule has 0 fully saturated rings. The Kier molecular flexibility index (Phi) is 5.71. The zero-order valence-electron chi connectivity index (χ0n) is 13.8. The third kappa shape index (κ3) is 4.76. The van der Waals surface area contributed by atoms with Gasteiger partial charge in [-0.3, -0.25) is 4.79 Å². The molecule has 0 aliphatic rings. The van der Waals surface area contributed by atoms with Crippen LogP contribution in [-0.2, 0) is 0 Å². The molecule has 1 unspecified atom stereocenters. The monoisotopic (exact) mass is 376 g/mol. The summed E-state index contributed by atoms with van der Waals surface area (Å²) in [6.07, 6.45) is 0.955. The molecule has 0 aliphatic carbocycles. The standard InChI is InChI=1S/C17H21BrN4O/c1-5-11(3)19-17-20-12(4)9-15(22-17)16(23)21-13-6-7-14(18)10(2)8-13/h6-9,11H,5H2,1-4H3,(H,21,23)(H,19,20,22). The van der Waals surface area contributed by atoms with Gasteiger partial charge in [0.2, 0.25) is 5.95 Å². The molecule has 0 radical (unpaired) electrons. The Morgan fingerprint density at radius 2 is 2.00 bits per heavy atom. The zero-order chi connectivity index (χ0) is 17.0. The maximum Gasteiger partial charge on any atom is 0.274 e. The molecule has 0 bridgehead atoms. The van der Waals surface area contributed by atoms with E-state index in [1.54, 1.807) is 6.07 Å². The quantitative estimate of drug-likeness (QED) is 0.815. The van der Waals surface area contributed by atoms with Crippen molar-refractivity contribution in [3.8, 4) is 0 Å². The van der Waals surface area contributed by atoms with Gasteiger partial charge in [0.05, 0.1) is 0 Å². The van der Waals surface area contributed by atoms with Crippen molar-refractivity contribution in [3.05, 3.63) is 45.7 Å². The first kappa shape index (κ1) is 17.4. The second kappa shape index (κ2) is 7.55. The summed E-state index contributed by atoms with van der Waals surface area (Å²) >= 11 is 3.45. The van der Waals surface area contributed by atoms with E-state index in [-0.39, 0.29) is 11.9 Å². The molecule has 1 aromatic heterocycles. The number of carbonyl (C=O) groups is 1. The van der Waals surface area contributed by atoms with Crippen molar-refractivity contribution in [2.24, 2.45) is 0 Å². The van der Waals surface area contributed by atoms with Crippen molar-refractivity contribution in [3.63, 3.8) is 0 Å². The fraction of sp³-hybridized carbons (Fsp3) is 0.353. The van der Waals surface area contributed by atoms with E-state index in [4.69, 9.17) is 0 Å². The predicted octanol–water partition coefficient (Wildman–Crippen LogP) is 4.32. The Morgan fingerprint density at radius 3 is 2.65 bits per heavy atom. The second-order valence-corrected chi connectivity index (χ2v) is 6.44. The SMILES string of the molecule is CCC(C)Nc1nc(C)cc(C(=O)Nc2ccc(Br)c(C)c2)n1. The van der Waals surface area contributed by atoms with Crippen molar-refractivity contribution >= 4 is 33.5 Å². The van der Waals surface area contributed by atoms with E-state index in [0.29, 0.717) is 11.6 Å². The minimum Gasteiger partial charge on any atom is -0.352 e. The van der Waals surface area contributed by atoms with Gasteiger partial charge in [0.1, 0.15) is 5.69 Å². The van der Waals surface area contributed by atoms with Crippen molar-refractivity contribution < 1.29 is 4.79 Å². The first-order valence-electron chi connectivity index (χ1n) is 7.58. The number of amides is 1. The Morgan fingerprint density at radius 1 is 1.26 bits per heavy atom. The van der Waals surface area contributed by atoms with Crippen LogP contribution in [0.5, 0.6) is 0 Å². The molecule has 1 atom stereocenters. The van der Waals surface area contributed by atoms with Crippen LogP contribution in [0.3, 0.4) is 0 Å². The van der Waals surface area contributed by atoms with E-state index >= 15 is 0 Å². The molecule has 1 amide bonds. The van der Waals surface area contributed by atoms with Gasteiger partial charge in [-0.25, -0.2) is 9.97 Å². The summed E-state index contributed by atoms with van der Waals surface area (Å²) in [4.78, 5) is 21.1. The topological polar surface area (TPSA) is 66.9 Å². The molecule has 2 N–H and O–H groups in total. The summed E-state index contributed by atoms with van der Waals surface area (Å²) in [5, 5.41) is 6.07. The van der Waals surface area contributed by atoms with Crippen LogP contribution in [0.4, 0.5) is 11.6 Å². The van der Waals surface area contributed by atoms with E-state index < -0.39 is 0 Å². The number of nitrogens with zero attached hydrogens (tertiary/aromatic N) is 2. The highest BCUT2D eigenvalue weighted by atomic mass is 79.9. The summed E-state index contributed by atoms with van der Waals surface area (Å²) in [6.45, 7) is 7.96. The Bertz CT molecular complexity index is 718. The van der Waals surface area contributed by atoms with Gasteiger partial charge < -0.3 is 10.6 Å². The molecule has 0 spiro atoms. The van der Waals surface area contributed by atoms with Gasteiger partial charge in [-0.15, -0.1) is 0 Å². The molecule has 5 nitrogen and oxygen atoms in total. The predicted molar refractivity (Wildman–Crippen MR) is 97.0 cm³/mol. The summed E-state index contributed by atoms with van der Waals surface area (Å²) in [5.74, 6) is 0.237. The summed E-state index contributed by atoms with van der Waals surface area (Å²) in [5.41, 5.74) is 2.90. The Hall–Kier alpha value is -1.95. The lowest BCUT2D eigenvalue weighted by Crippen LogP contribution is -2.19. The summed E-state index contributed by atoms with van der Waals surface area (Å²) in [7, 11) is 0. The smallest absolute Gasteiger partial charge is 0.274 e. The minimum absolute atomic E-state index is 0.246. The number of aromatic nitrogens is 2. The van der Waals surface area contributed by atoms with Gasteiger partial charge in [-0.2, -0.15) is 0 Å². The molecule has 2 rings (SSSR count). The third-order valence-electron chi connectivity index (χ3n) is 3.49. The fourth-order valence-electron chi connectivity index (χ4n) is 1.99. The number of hydrogen-bond donors (Lipinski definition) is 2. The average Bonchev–Trinajstić information content (AvgIpc) is 2.50. The molecule has 0 saturated carbocycles. The maximum absolute atomic E-state index is 12.4. The van der Waals surface area contributed by atoms with Crippen LogP contribution in [0.25, 0.3) is 0 Å². The van der Waals surface area contributed by atoms with Crippen LogP contribution >= 0.6 is 15.9 Å². The van der Waals surface area contributed by atoms with Crippen LogP contribution in [0, 0.1) is 13.8 Å². The highest BCUT2D eigenvalue weighted by Gasteiger charge is 2.12. The lowest BCUT2D eigenvalue weighted by Gasteiger charge is -2.13. The highest BCUT2D eigenvalue weighted by Crippen LogP contribution is 2.20. The number of rotatable bonds is 5. The molecule has 1 heterocycles. The average molecular weight is 377 g/mol. The first-order chi connectivity index (χ1) is 10.9. The Labute approximate surface area is 145 Å². The number of aryl methyl sites for hydroxylation is 2. The van der Waals surface area contributed by atoms with E-state index in [0.717, 1.165) is 27.8 Å². The molecule has 122 valence electrons. The van der Waals surface area contributed by atoms with Gasteiger partial charge in [-0.1, -0.05) is 22.9 Å². The fourth-order valence-corrected chi connectivity index (χ4v) is 2.24. The van der Waals surface area contributed by atoms with Gasteiger partial charge in [-0.05, 0) is 57.0 Å². The normalized spacial score (nSPS) is 11.9. The van der Waals surface area contributed by atoms with Crippen molar-refractivity contribution in [1.82, 2.24) is 9.97 Å². The van der Waals surface area contributed by atoms with E-state index in [1.807, 2.05) is 32.0 Å². The van der Waals surface area contributed by atoms with Crippen LogP contribution < -0.4 is 10.6 Å². The van der Waals surface area contributed by atoms with Gasteiger partial charge in [0, 0.05) is 21.9 Å². The third-order valence-corrected chi connectivity index (χ3v) is 4.38. The van der Waals surface area contributed by atoms with Crippen molar-refractivity contribution in [2.45, 2.75) is 40.2 Å². The van der Waals surface area contributed by atoms with Gasteiger partial charge >= 0.3 is 0 Å². The van der Waals surface area contributed by atoms with Crippen LogP contribution in [0.1, 0.15) is 42.0 Å². The molecular formula is C17H21BrN4O. The summed E-state index contributed by atoms with van der Waals surface area (Å²) < 4.78 is 1.01. The van der Waals surface area contributed by atoms with Crippen LogP contribution in [-0.4, -0.2) is 21.9 Å². The highest BCUT2D eigenvalue weighted by molar-refractivity contribution is 9.10. The number of hydrogen-bond acceptors (Lipinski definition) is 4. The lowest BCUT2D eigenvalue weighted by molar-refractivity contribution is 0.102. The van der Waals surface area contributed by atoms with E-state index in [2.05, 4.69) is 50.4 Å².